The van der Waals surface area contributed by atoms with E-state index in [0.29, 0.717) is 12.5 Å². The molecule has 1 fully saturated rings. The molecule has 2 heterocycles. The molecule has 0 unspecified atom stereocenters. The maximum absolute atomic E-state index is 13.5. The van der Waals surface area contributed by atoms with Crippen LogP contribution in [0, 0.1) is 5.82 Å². The summed E-state index contributed by atoms with van der Waals surface area (Å²) in [4.78, 5) is 14.9. The molecule has 0 saturated carbocycles. The van der Waals surface area contributed by atoms with E-state index in [1.807, 2.05) is 17.9 Å². The molecular formula is C16H21FN2OS. The molecule has 0 radical (unpaired) electrons. The minimum absolute atomic E-state index is 0.169. The molecule has 0 aliphatic carbocycles. The zero-order valence-corrected chi connectivity index (χ0v) is 13.1. The summed E-state index contributed by atoms with van der Waals surface area (Å²) in [5, 5.41) is 3.64. The summed E-state index contributed by atoms with van der Waals surface area (Å²) in [6.45, 7) is 3.52. The van der Waals surface area contributed by atoms with Gasteiger partial charge in [0.2, 0.25) is 5.91 Å². The first-order chi connectivity index (χ1) is 10.2. The molecule has 3 nitrogen and oxygen atoms in total. The predicted octanol–water partition coefficient (Wildman–Crippen LogP) is 2.96. The summed E-state index contributed by atoms with van der Waals surface area (Å²) in [6, 6.07) is 5.60. The van der Waals surface area contributed by atoms with E-state index in [9.17, 15) is 9.18 Å². The Morgan fingerprint density at radius 2 is 2.33 bits per heavy atom. The first-order valence-electron chi connectivity index (χ1n) is 7.63. The van der Waals surface area contributed by atoms with Crippen molar-refractivity contribution in [2.75, 3.05) is 18.8 Å². The molecule has 114 valence electrons. The Hall–Kier alpha value is -1.07. The van der Waals surface area contributed by atoms with Crippen molar-refractivity contribution >= 4 is 17.7 Å². The molecule has 1 amide bonds. The van der Waals surface area contributed by atoms with Crippen molar-refractivity contribution in [2.45, 2.75) is 43.2 Å². The van der Waals surface area contributed by atoms with Crippen molar-refractivity contribution in [1.29, 1.82) is 0 Å². The number of thioether (sulfide) groups is 1. The lowest BCUT2D eigenvalue weighted by molar-refractivity contribution is -0.129. The molecule has 1 N–H and O–H groups in total. The Morgan fingerprint density at radius 3 is 3.14 bits per heavy atom. The second-order valence-electron chi connectivity index (χ2n) is 5.72. The summed E-state index contributed by atoms with van der Waals surface area (Å²) in [5.41, 5.74) is 1.08. The van der Waals surface area contributed by atoms with Crippen LogP contribution in [0.3, 0.4) is 0 Å². The molecule has 0 spiro atoms. The van der Waals surface area contributed by atoms with Gasteiger partial charge >= 0.3 is 0 Å². The quantitative estimate of drug-likeness (QED) is 0.932. The average molecular weight is 308 g/mol. The van der Waals surface area contributed by atoms with Gasteiger partial charge in [0.15, 0.2) is 0 Å². The van der Waals surface area contributed by atoms with Crippen LogP contribution in [0.15, 0.2) is 23.1 Å². The summed E-state index contributed by atoms with van der Waals surface area (Å²) >= 11 is 1.80. The Morgan fingerprint density at radius 1 is 1.48 bits per heavy atom. The van der Waals surface area contributed by atoms with E-state index < -0.39 is 0 Å². The molecule has 21 heavy (non-hydrogen) atoms. The molecule has 1 saturated heterocycles. The van der Waals surface area contributed by atoms with Gasteiger partial charge in [0.1, 0.15) is 5.82 Å². The molecule has 3 rings (SSSR count). The van der Waals surface area contributed by atoms with Crippen LogP contribution in [-0.4, -0.2) is 35.7 Å². The topological polar surface area (TPSA) is 32.3 Å². The molecule has 0 bridgehead atoms. The number of nitrogens with zero attached hydrogens (tertiary/aromatic N) is 1. The second-order valence-corrected chi connectivity index (χ2v) is 6.85. The lowest BCUT2D eigenvalue weighted by Gasteiger charge is -2.29. The van der Waals surface area contributed by atoms with Crippen LogP contribution in [-0.2, 0) is 4.79 Å². The van der Waals surface area contributed by atoms with Gasteiger partial charge in [0.25, 0.3) is 0 Å². The van der Waals surface area contributed by atoms with E-state index in [-0.39, 0.29) is 17.8 Å². The third kappa shape index (κ3) is 3.24. The highest BCUT2D eigenvalue weighted by atomic mass is 32.2. The minimum Gasteiger partial charge on any atom is -0.341 e. The maximum Gasteiger partial charge on any atom is 0.222 e. The highest BCUT2D eigenvalue weighted by Crippen LogP contribution is 2.37. The first-order valence-corrected chi connectivity index (χ1v) is 8.62. The van der Waals surface area contributed by atoms with Crippen molar-refractivity contribution in [2.24, 2.45) is 0 Å². The fourth-order valence-electron chi connectivity index (χ4n) is 3.17. The molecule has 2 aliphatic heterocycles. The van der Waals surface area contributed by atoms with Crippen molar-refractivity contribution in [3.05, 3.63) is 29.6 Å². The standard InChI is InChI=1S/C16H21FN2OS/c1-2-16(20)19-7-5-12(10-19)18-14-6-8-21-15-4-3-11(17)9-13(14)15/h3-4,9,12,14,18H,2,5-8,10H2,1H3/t12-,14-/m0/s1. The fourth-order valence-corrected chi connectivity index (χ4v) is 4.27. The van der Waals surface area contributed by atoms with Gasteiger partial charge in [-0.15, -0.1) is 11.8 Å². The number of nitrogens with one attached hydrogen (secondary N) is 1. The second kappa shape index (κ2) is 6.36. The summed E-state index contributed by atoms with van der Waals surface area (Å²) < 4.78 is 13.5. The highest BCUT2D eigenvalue weighted by Gasteiger charge is 2.29. The van der Waals surface area contributed by atoms with Crippen LogP contribution in [0.2, 0.25) is 0 Å². The largest absolute Gasteiger partial charge is 0.341 e. The minimum atomic E-state index is -0.169. The van der Waals surface area contributed by atoms with E-state index in [2.05, 4.69) is 5.32 Å². The van der Waals surface area contributed by atoms with E-state index in [1.54, 1.807) is 17.8 Å². The van der Waals surface area contributed by atoms with Crippen LogP contribution in [0.25, 0.3) is 0 Å². The molecule has 1 aromatic rings. The average Bonchev–Trinajstić information content (AvgIpc) is 2.95. The first kappa shape index (κ1) is 14.9. The van der Waals surface area contributed by atoms with Crippen LogP contribution >= 0.6 is 11.8 Å². The van der Waals surface area contributed by atoms with Gasteiger partial charge in [-0.2, -0.15) is 0 Å². The molecule has 2 atom stereocenters. The lowest BCUT2D eigenvalue weighted by Crippen LogP contribution is -2.38. The van der Waals surface area contributed by atoms with Gasteiger partial charge in [-0.3, -0.25) is 4.79 Å². The number of hydrogen-bond donors (Lipinski definition) is 1. The van der Waals surface area contributed by atoms with Gasteiger partial charge in [-0.1, -0.05) is 6.92 Å². The number of carbonyl (C=O) groups is 1. The zero-order valence-electron chi connectivity index (χ0n) is 12.3. The Balaban J connectivity index is 1.67. The third-order valence-electron chi connectivity index (χ3n) is 4.29. The van der Waals surface area contributed by atoms with E-state index in [0.717, 1.165) is 37.2 Å². The van der Waals surface area contributed by atoms with E-state index in [1.165, 1.54) is 11.0 Å². The molecular weight excluding hydrogens is 287 g/mol. The summed E-state index contributed by atoms with van der Waals surface area (Å²) in [7, 11) is 0. The van der Waals surface area contributed by atoms with Gasteiger partial charge in [0, 0.05) is 36.5 Å². The number of halogens is 1. The lowest BCUT2D eigenvalue weighted by atomic mass is 10.0. The SMILES string of the molecule is CCC(=O)N1CC[C@H](N[C@H]2CCSc3ccc(F)cc32)C1. The van der Waals surface area contributed by atoms with E-state index in [4.69, 9.17) is 0 Å². The van der Waals surface area contributed by atoms with Gasteiger partial charge in [0.05, 0.1) is 0 Å². The summed E-state index contributed by atoms with van der Waals surface area (Å²) in [6.07, 6.45) is 2.57. The summed E-state index contributed by atoms with van der Waals surface area (Å²) in [5.74, 6) is 1.11. The molecule has 5 heteroatoms. The zero-order chi connectivity index (χ0) is 14.8. The van der Waals surface area contributed by atoms with Crippen LogP contribution in [0.5, 0.6) is 0 Å². The number of amides is 1. The van der Waals surface area contributed by atoms with E-state index >= 15 is 0 Å². The highest BCUT2D eigenvalue weighted by molar-refractivity contribution is 7.99. The molecule has 2 aliphatic rings. The van der Waals surface area contributed by atoms with Crippen molar-refractivity contribution < 1.29 is 9.18 Å². The number of fused-ring (bicyclic) bond motifs is 1. The number of carbonyl (C=O) groups excluding carboxylic acids is 1. The number of benzene rings is 1. The van der Waals surface area contributed by atoms with Gasteiger partial charge in [-0.25, -0.2) is 4.39 Å². The number of likely N-dealkylation sites (tertiary alicyclic amines) is 1. The van der Waals surface area contributed by atoms with Gasteiger partial charge in [-0.05, 0) is 42.4 Å². The van der Waals surface area contributed by atoms with Crippen LogP contribution in [0.1, 0.15) is 37.8 Å². The third-order valence-corrected chi connectivity index (χ3v) is 5.41. The van der Waals surface area contributed by atoms with Crippen molar-refractivity contribution in [3.63, 3.8) is 0 Å². The Labute approximate surface area is 129 Å². The Bertz CT molecular complexity index is 537. The number of rotatable bonds is 3. The smallest absolute Gasteiger partial charge is 0.222 e. The van der Waals surface area contributed by atoms with Crippen molar-refractivity contribution in [3.8, 4) is 0 Å². The van der Waals surface area contributed by atoms with Crippen LogP contribution < -0.4 is 5.32 Å². The maximum atomic E-state index is 13.5. The predicted molar refractivity (Wildman–Crippen MR) is 82.9 cm³/mol. The van der Waals surface area contributed by atoms with Gasteiger partial charge < -0.3 is 10.2 Å². The fraction of sp³-hybridized carbons (Fsp3) is 0.562. The Kier molecular flexibility index (Phi) is 4.50. The van der Waals surface area contributed by atoms with Crippen LogP contribution in [0.4, 0.5) is 4.39 Å². The number of hydrogen-bond acceptors (Lipinski definition) is 3. The van der Waals surface area contributed by atoms with Crippen molar-refractivity contribution in [1.82, 2.24) is 10.2 Å². The monoisotopic (exact) mass is 308 g/mol. The molecule has 0 aromatic heterocycles. The normalized spacial score (nSPS) is 25.0. The molecule has 1 aromatic carbocycles.